The first kappa shape index (κ1) is 18.7. The molecule has 3 rings (SSSR count). The molecule has 0 radical (unpaired) electrons. The largest absolute Gasteiger partial charge is 0.370 e. The van der Waals surface area contributed by atoms with Crippen LogP contribution in [-0.2, 0) is 11.8 Å². The Kier molecular flexibility index (Phi) is 5.04. The van der Waals surface area contributed by atoms with Crippen LogP contribution in [0.1, 0.15) is 21.7 Å². The number of aromatic nitrogens is 2. The second-order valence-corrected chi connectivity index (χ2v) is 7.05. The number of hydrogen-bond donors (Lipinski definition) is 1. The van der Waals surface area contributed by atoms with E-state index < -0.39 is 17.6 Å². The van der Waals surface area contributed by atoms with Crippen molar-refractivity contribution in [2.45, 2.75) is 13.3 Å². The van der Waals surface area contributed by atoms with E-state index in [1.54, 1.807) is 14.0 Å². The summed E-state index contributed by atoms with van der Waals surface area (Å²) in [5.41, 5.74) is 5.94. The first-order valence-electron chi connectivity index (χ1n) is 8.10. The van der Waals surface area contributed by atoms with Crippen LogP contribution < -0.4 is 16.2 Å². The Balaban J connectivity index is 2.08. The number of amides is 2. The van der Waals surface area contributed by atoms with Crippen molar-refractivity contribution >= 4 is 39.1 Å². The van der Waals surface area contributed by atoms with E-state index in [0.29, 0.717) is 26.3 Å². The summed E-state index contributed by atoms with van der Waals surface area (Å²) in [6.45, 7) is 1.73. The SMILES string of the molecule is Cc1c(C(=O)N(CCC(N)=O)c2ccc(F)cc2)sc2ncn(C)c(=O)c12. The van der Waals surface area contributed by atoms with Crippen molar-refractivity contribution < 1.29 is 14.0 Å². The van der Waals surface area contributed by atoms with Gasteiger partial charge in [-0.05, 0) is 36.8 Å². The fourth-order valence-corrected chi connectivity index (χ4v) is 3.81. The first-order chi connectivity index (χ1) is 12.8. The van der Waals surface area contributed by atoms with E-state index in [4.69, 9.17) is 5.73 Å². The fourth-order valence-electron chi connectivity index (χ4n) is 2.73. The molecule has 2 N–H and O–H groups in total. The molecule has 0 fully saturated rings. The van der Waals surface area contributed by atoms with Crippen molar-refractivity contribution in [1.82, 2.24) is 9.55 Å². The number of nitrogens with zero attached hydrogens (tertiary/aromatic N) is 3. The predicted octanol–water partition coefficient (Wildman–Crippen LogP) is 1.96. The van der Waals surface area contributed by atoms with Gasteiger partial charge >= 0.3 is 0 Å². The van der Waals surface area contributed by atoms with E-state index in [9.17, 15) is 18.8 Å². The Morgan fingerprint density at radius 3 is 2.59 bits per heavy atom. The van der Waals surface area contributed by atoms with Crippen molar-refractivity contribution in [3.05, 3.63) is 57.2 Å². The second-order valence-electron chi connectivity index (χ2n) is 6.05. The molecule has 7 nitrogen and oxygen atoms in total. The number of carbonyl (C=O) groups is 2. The Hall–Kier alpha value is -3.07. The van der Waals surface area contributed by atoms with Gasteiger partial charge in [0.1, 0.15) is 10.6 Å². The van der Waals surface area contributed by atoms with Gasteiger partial charge < -0.3 is 15.2 Å². The quantitative estimate of drug-likeness (QED) is 0.722. The van der Waals surface area contributed by atoms with Crippen molar-refractivity contribution in [3.8, 4) is 0 Å². The van der Waals surface area contributed by atoms with E-state index >= 15 is 0 Å². The average molecular weight is 388 g/mol. The van der Waals surface area contributed by atoms with Gasteiger partial charge in [0.15, 0.2) is 0 Å². The van der Waals surface area contributed by atoms with Gasteiger partial charge in [-0.3, -0.25) is 14.4 Å². The molecular formula is C18H17FN4O3S. The number of aryl methyl sites for hydroxylation is 2. The highest BCUT2D eigenvalue weighted by atomic mass is 32.1. The molecule has 27 heavy (non-hydrogen) atoms. The van der Waals surface area contributed by atoms with Crippen molar-refractivity contribution in [3.63, 3.8) is 0 Å². The summed E-state index contributed by atoms with van der Waals surface area (Å²) in [6, 6.07) is 5.37. The molecule has 0 aliphatic rings. The summed E-state index contributed by atoms with van der Waals surface area (Å²) in [5, 5.41) is 0.391. The number of halogens is 1. The van der Waals surface area contributed by atoms with Crippen LogP contribution in [0.5, 0.6) is 0 Å². The normalized spacial score (nSPS) is 10.9. The van der Waals surface area contributed by atoms with E-state index in [1.807, 2.05) is 0 Å². The molecule has 9 heteroatoms. The number of thiophene rings is 1. The molecule has 140 valence electrons. The zero-order chi connectivity index (χ0) is 19.7. The summed E-state index contributed by atoms with van der Waals surface area (Å²) in [4.78, 5) is 43.1. The molecule has 2 amide bonds. The Morgan fingerprint density at radius 1 is 1.30 bits per heavy atom. The number of nitrogens with two attached hydrogens (primary N) is 1. The van der Waals surface area contributed by atoms with Crippen LogP contribution in [0.15, 0.2) is 35.4 Å². The molecule has 0 atom stereocenters. The lowest BCUT2D eigenvalue weighted by Gasteiger charge is -2.22. The predicted molar refractivity (Wildman–Crippen MR) is 101 cm³/mol. The van der Waals surface area contributed by atoms with Crippen molar-refractivity contribution in [1.29, 1.82) is 0 Å². The Bertz CT molecular complexity index is 1090. The highest BCUT2D eigenvalue weighted by Crippen LogP contribution is 2.29. The average Bonchev–Trinajstić information content (AvgIpc) is 2.96. The molecule has 0 spiro atoms. The minimum Gasteiger partial charge on any atom is -0.370 e. The number of fused-ring (bicyclic) bond motifs is 1. The number of hydrogen-bond acceptors (Lipinski definition) is 5. The van der Waals surface area contributed by atoms with Crippen molar-refractivity contribution in [2.75, 3.05) is 11.4 Å². The molecule has 1 aromatic carbocycles. The molecule has 0 aliphatic heterocycles. The van der Waals surface area contributed by atoms with Crippen molar-refractivity contribution in [2.24, 2.45) is 12.8 Å². The molecule has 2 aromatic heterocycles. The summed E-state index contributed by atoms with van der Waals surface area (Å²) in [6.07, 6.45) is 1.35. The highest BCUT2D eigenvalue weighted by molar-refractivity contribution is 7.20. The Labute approximate surface area is 157 Å². The number of rotatable bonds is 5. The van der Waals surface area contributed by atoms with E-state index in [1.165, 1.54) is 40.1 Å². The van der Waals surface area contributed by atoms with Crippen LogP contribution in [0.2, 0.25) is 0 Å². The molecule has 0 aliphatic carbocycles. The molecule has 0 saturated carbocycles. The van der Waals surface area contributed by atoms with Crippen LogP contribution >= 0.6 is 11.3 Å². The monoisotopic (exact) mass is 388 g/mol. The fraction of sp³-hybridized carbons (Fsp3) is 0.222. The van der Waals surface area contributed by atoms with Gasteiger partial charge in [0, 0.05) is 25.7 Å². The van der Waals surface area contributed by atoms with Gasteiger partial charge in [-0.2, -0.15) is 0 Å². The summed E-state index contributed by atoms with van der Waals surface area (Å²) in [7, 11) is 1.59. The second kappa shape index (κ2) is 7.28. The third-order valence-electron chi connectivity index (χ3n) is 4.17. The summed E-state index contributed by atoms with van der Waals surface area (Å²) >= 11 is 1.11. The molecule has 0 unspecified atom stereocenters. The third-order valence-corrected chi connectivity index (χ3v) is 5.36. The van der Waals surface area contributed by atoms with Crippen LogP contribution in [0.3, 0.4) is 0 Å². The number of anilines is 1. The standard InChI is InChI=1S/C18H17FN4O3S/c1-10-14-16(21-9-22(2)17(14)25)27-15(10)18(26)23(8-7-13(20)24)12-5-3-11(19)4-6-12/h3-6,9H,7-8H2,1-2H3,(H2,20,24). The topological polar surface area (TPSA) is 98.3 Å². The van der Waals surface area contributed by atoms with E-state index in [0.717, 1.165) is 11.3 Å². The minimum atomic E-state index is -0.557. The number of primary amides is 1. The lowest BCUT2D eigenvalue weighted by Crippen LogP contribution is -2.34. The maximum Gasteiger partial charge on any atom is 0.268 e. The highest BCUT2D eigenvalue weighted by Gasteiger charge is 2.25. The van der Waals surface area contributed by atoms with Gasteiger partial charge in [0.2, 0.25) is 5.91 Å². The Morgan fingerprint density at radius 2 is 1.96 bits per heavy atom. The van der Waals surface area contributed by atoms with Crippen LogP contribution in [-0.4, -0.2) is 27.9 Å². The molecule has 0 saturated heterocycles. The number of benzene rings is 1. The third kappa shape index (κ3) is 3.59. The molecular weight excluding hydrogens is 371 g/mol. The maximum atomic E-state index is 13.3. The van der Waals surface area contributed by atoms with E-state index in [-0.39, 0.29) is 18.5 Å². The lowest BCUT2D eigenvalue weighted by atomic mass is 10.2. The summed E-state index contributed by atoms with van der Waals surface area (Å²) < 4.78 is 14.6. The maximum absolute atomic E-state index is 13.3. The number of carbonyl (C=O) groups excluding carboxylic acids is 2. The molecule has 3 aromatic rings. The first-order valence-corrected chi connectivity index (χ1v) is 8.91. The molecule has 0 bridgehead atoms. The zero-order valence-electron chi connectivity index (χ0n) is 14.7. The smallest absolute Gasteiger partial charge is 0.268 e. The van der Waals surface area contributed by atoms with Crippen LogP contribution in [0, 0.1) is 12.7 Å². The van der Waals surface area contributed by atoms with E-state index in [2.05, 4.69) is 4.98 Å². The van der Waals surface area contributed by atoms with Gasteiger partial charge in [0.05, 0.1) is 16.6 Å². The summed E-state index contributed by atoms with van der Waals surface area (Å²) in [5.74, 6) is -1.39. The lowest BCUT2D eigenvalue weighted by molar-refractivity contribution is -0.117. The van der Waals surface area contributed by atoms with Gasteiger partial charge in [0.25, 0.3) is 11.5 Å². The van der Waals surface area contributed by atoms with Crippen LogP contribution in [0.25, 0.3) is 10.2 Å². The van der Waals surface area contributed by atoms with Crippen LogP contribution in [0.4, 0.5) is 10.1 Å². The van der Waals surface area contributed by atoms with Gasteiger partial charge in [-0.25, -0.2) is 9.37 Å². The van der Waals surface area contributed by atoms with Gasteiger partial charge in [-0.1, -0.05) is 0 Å². The van der Waals surface area contributed by atoms with Gasteiger partial charge in [-0.15, -0.1) is 11.3 Å². The minimum absolute atomic E-state index is 0.0406. The molecule has 2 heterocycles. The zero-order valence-corrected chi connectivity index (χ0v) is 15.5.